The van der Waals surface area contributed by atoms with E-state index >= 15 is 0 Å². The molecule has 1 aliphatic rings. The molecule has 1 aromatic rings. The highest BCUT2D eigenvalue weighted by Gasteiger charge is 2.19. The molecule has 7 heteroatoms. The van der Waals surface area contributed by atoms with Crippen LogP contribution in [-0.2, 0) is 16.1 Å². The first-order chi connectivity index (χ1) is 10.1. The van der Waals surface area contributed by atoms with Crippen LogP contribution >= 0.6 is 12.4 Å². The Morgan fingerprint density at radius 2 is 2.18 bits per heavy atom. The monoisotopic (exact) mass is 327 g/mol. The van der Waals surface area contributed by atoms with Crippen molar-refractivity contribution in [3.8, 4) is 5.75 Å². The first-order valence-electron chi connectivity index (χ1n) is 7.16. The fraction of sp³-hybridized carbons (Fsp3) is 0.467. The zero-order chi connectivity index (χ0) is 15.1. The second-order valence-electron chi connectivity index (χ2n) is 5.12. The van der Waals surface area contributed by atoms with E-state index in [1.54, 1.807) is 12.1 Å². The topological polar surface area (TPSA) is 93.5 Å². The highest BCUT2D eigenvalue weighted by Crippen LogP contribution is 2.13. The molecule has 0 saturated carbocycles. The van der Waals surface area contributed by atoms with Crippen molar-refractivity contribution >= 4 is 24.2 Å². The first kappa shape index (κ1) is 18.3. The number of carbonyl (C=O) groups excluding carboxylic acids is 2. The van der Waals surface area contributed by atoms with E-state index < -0.39 is 5.91 Å². The van der Waals surface area contributed by atoms with E-state index in [0.717, 1.165) is 31.4 Å². The fourth-order valence-electron chi connectivity index (χ4n) is 2.29. The third-order valence-corrected chi connectivity index (χ3v) is 3.37. The molecule has 22 heavy (non-hydrogen) atoms. The summed E-state index contributed by atoms with van der Waals surface area (Å²) >= 11 is 0. The first-order valence-corrected chi connectivity index (χ1v) is 7.16. The number of piperidine rings is 1. The van der Waals surface area contributed by atoms with Gasteiger partial charge < -0.3 is 21.1 Å². The lowest BCUT2D eigenvalue weighted by Crippen LogP contribution is -2.46. The predicted octanol–water partition coefficient (Wildman–Crippen LogP) is 0.731. The molecule has 1 atom stereocenters. The van der Waals surface area contributed by atoms with E-state index in [-0.39, 0.29) is 31.0 Å². The van der Waals surface area contributed by atoms with Gasteiger partial charge in [-0.3, -0.25) is 9.59 Å². The number of hydrogen-bond donors (Lipinski definition) is 3. The highest BCUT2D eigenvalue weighted by molar-refractivity contribution is 5.85. The van der Waals surface area contributed by atoms with Crippen LogP contribution in [0.1, 0.15) is 24.8 Å². The largest absolute Gasteiger partial charge is 0.484 e. The molecule has 2 amide bonds. The molecule has 6 nitrogen and oxygen atoms in total. The minimum atomic E-state index is -0.517. The zero-order valence-electron chi connectivity index (χ0n) is 12.3. The van der Waals surface area contributed by atoms with Gasteiger partial charge in [0.05, 0.1) is 6.04 Å². The number of carbonyl (C=O) groups is 2. The van der Waals surface area contributed by atoms with E-state index in [0.29, 0.717) is 12.3 Å². The molecular weight excluding hydrogens is 306 g/mol. The molecule has 1 heterocycles. The number of rotatable bonds is 6. The lowest BCUT2D eigenvalue weighted by molar-refractivity contribution is -0.123. The van der Waals surface area contributed by atoms with Crippen LogP contribution in [0.2, 0.25) is 0 Å². The Hall–Kier alpha value is -1.79. The summed E-state index contributed by atoms with van der Waals surface area (Å²) in [6, 6.07) is 7.16. The van der Waals surface area contributed by atoms with Gasteiger partial charge in [0.2, 0.25) is 5.91 Å². The van der Waals surface area contributed by atoms with Crippen LogP contribution < -0.4 is 21.1 Å². The number of ether oxygens (including phenoxy) is 1. The molecule has 1 aromatic carbocycles. The van der Waals surface area contributed by atoms with Crippen molar-refractivity contribution in [3.05, 3.63) is 29.8 Å². The second kappa shape index (κ2) is 9.27. The predicted molar refractivity (Wildman–Crippen MR) is 85.9 cm³/mol. The van der Waals surface area contributed by atoms with Crippen molar-refractivity contribution < 1.29 is 14.3 Å². The Labute approximate surface area is 136 Å². The zero-order valence-corrected chi connectivity index (χ0v) is 13.2. The molecule has 1 aliphatic heterocycles. The standard InChI is InChI=1S/C15H21N3O3.ClH/c16-14(19)10-21-12-5-3-4-11(8-12)9-18-15(20)13-6-1-2-7-17-13;/h3-5,8,13,17H,1-2,6-7,9-10H2,(H2,16,19)(H,18,20);1H. The van der Waals surface area contributed by atoms with Crippen molar-refractivity contribution in [2.75, 3.05) is 13.2 Å². The Kier molecular flexibility index (Phi) is 7.70. The van der Waals surface area contributed by atoms with E-state index in [2.05, 4.69) is 10.6 Å². The molecule has 0 bridgehead atoms. The molecule has 4 N–H and O–H groups in total. The maximum absolute atomic E-state index is 12.0. The van der Waals surface area contributed by atoms with Gasteiger partial charge in [0, 0.05) is 6.54 Å². The summed E-state index contributed by atoms with van der Waals surface area (Å²) in [5.41, 5.74) is 5.95. The molecule has 0 aromatic heterocycles. The number of halogens is 1. The molecular formula is C15H22ClN3O3. The second-order valence-corrected chi connectivity index (χ2v) is 5.12. The van der Waals surface area contributed by atoms with Gasteiger partial charge in [-0.05, 0) is 37.1 Å². The molecule has 2 rings (SSSR count). The summed E-state index contributed by atoms with van der Waals surface area (Å²) in [6.07, 6.45) is 3.10. The van der Waals surface area contributed by atoms with Crippen molar-refractivity contribution in [3.63, 3.8) is 0 Å². The van der Waals surface area contributed by atoms with Gasteiger partial charge in [-0.1, -0.05) is 18.6 Å². The van der Waals surface area contributed by atoms with E-state index in [9.17, 15) is 9.59 Å². The maximum Gasteiger partial charge on any atom is 0.255 e. The summed E-state index contributed by atoms with van der Waals surface area (Å²) in [6.45, 7) is 1.18. The van der Waals surface area contributed by atoms with E-state index in [4.69, 9.17) is 10.5 Å². The average Bonchev–Trinajstić information content (AvgIpc) is 2.52. The lowest BCUT2D eigenvalue weighted by Gasteiger charge is -2.22. The minimum absolute atomic E-state index is 0. The molecule has 1 fully saturated rings. The summed E-state index contributed by atoms with van der Waals surface area (Å²) in [5.74, 6) is 0.0755. The molecule has 0 spiro atoms. The van der Waals surface area contributed by atoms with Gasteiger partial charge in [-0.15, -0.1) is 12.4 Å². The van der Waals surface area contributed by atoms with Crippen molar-refractivity contribution in [2.24, 2.45) is 5.73 Å². The van der Waals surface area contributed by atoms with Crippen molar-refractivity contribution in [1.82, 2.24) is 10.6 Å². The van der Waals surface area contributed by atoms with Crippen LogP contribution in [0.4, 0.5) is 0 Å². The summed E-state index contributed by atoms with van der Waals surface area (Å²) in [4.78, 5) is 22.7. The smallest absolute Gasteiger partial charge is 0.255 e. The summed E-state index contributed by atoms with van der Waals surface area (Å²) in [7, 11) is 0. The Bertz CT molecular complexity index is 505. The molecule has 0 radical (unpaired) electrons. The maximum atomic E-state index is 12.0. The van der Waals surface area contributed by atoms with Crippen LogP contribution in [0.25, 0.3) is 0 Å². The third kappa shape index (κ3) is 5.91. The minimum Gasteiger partial charge on any atom is -0.484 e. The molecule has 1 saturated heterocycles. The average molecular weight is 328 g/mol. The van der Waals surface area contributed by atoms with Gasteiger partial charge in [-0.2, -0.15) is 0 Å². The van der Waals surface area contributed by atoms with Crippen LogP contribution in [-0.4, -0.2) is 31.0 Å². The normalized spacial score (nSPS) is 17.2. The van der Waals surface area contributed by atoms with Crippen LogP contribution in [0.3, 0.4) is 0 Å². The number of benzene rings is 1. The fourth-order valence-corrected chi connectivity index (χ4v) is 2.29. The quantitative estimate of drug-likeness (QED) is 0.718. The van der Waals surface area contributed by atoms with Crippen LogP contribution in [0.5, 0.6) is 5.75 Å². The number of nitrogens with two attached hydrogens (primary N) is 1. The van der Waals surface area contributed by atoms with Gasteiger partial charge in [0.25, 0.3) is 5.91 Å². The van der Waals surface area contributed by atoms with Crippen molar-refractivity contribution in [2.45, 2.75) is 31.8 Å². The Morgan fingerprint density at radius 3 is 2.86 bits per heavy atom. The lowest BCUT2D eigenvalue weighted by atomic mass is 10.0. The van der Waals surface area contributed by atoms with Crippen LogP contribution in [0, 0.1) is 0 Å². The number of nitrogens with one attached hydrogen (secondary N) is 2. The Balaban J connectivity index is 0.00000242. The highest BCUT2D eigenvalue weighted by atomic mass is 35.5. The van der Waals surface area contributed by atoms with Crippen LogP contribution in [0.15, 0.2) is 24.3 Å². The van der Waals surface area contributed by atoms with Crippen molar-refractivity contribution in [1.29, 1.82) is 0 Å². The third-order valence-electron chi connectivity index (χ3n) is 3.37. The van der Waals surface area contributed by atoms with Gasteiger partial charge in [-0.25, -0.2) is 0 Å². The Morgan fingerprint density at radius 1 is 1.36 bits per heavy atom. The van der Waals surface area contributed by atoms with Gasteiger partial charge in [0.15, 0.2) is 6.61 Å². The van der Waals surface area contributed by atoms with Gasteiger partial charge >= 0.3 is 0 Å². The molecule has 1 unspecified atom stereocenters. The number of primary amides is 1. The molecule has 0 aliphatic carbocycles. The van der Waals surface area contributed by atoms with Gasteiger partial charge in [0.1, 0.15) is 5.75 Å². The van der Waals surface area contributed by atoms with E-state index in [1.807, 2.05) is 12.1 Å². The van der Waals surface area contributed by atoms with E-state index in [1.165, 1.54) is 0 Å². The summed E-state index contributed by atoms with van der Waals surface area (Å²) in [5, 5.41) is 6.12. The molecule has 122 valence electrons. The number of hydrogen-bond acceptors (Lipinski definition) is 4. The summed E-state index contributed by atoms with van der Waals surface area (Å²) < 4.78 is 5.23. The SMILES string of the molecule is Cl.NC(=O)COc1cccc(CNC(=O)C2CCCCN2)c1. The number of amides is 2.